The van der Waals surface area contributed by atoms with E-state index < -0.39 is 18.2 Å². The Balaban J connectivity index is 3.59. The monoisotopic (exact) mass is 832 g/mol. The molecule has 0 radical (unpaired) electrons. The molecule has 0 heterocycles. The predicted octanol–water partition coefficient (Wildman–Crippen LogP) is 16.1. The first-order valence-corrected chi connectivity index (χ1v) is 26.6. The minimum atomic E-state index is -1.16. The highest BCUT2D eigenvalue weighted by atomic mass is 16.3. The van der Waals surface area contributed by atoms with E-state index in [4.69, 9.17) is 0 Å². The Labute approximate surface area is 369 Å². The van der Waals surface area contributed by atoms with Crippen molar-refractivity contribution in [1.82, 2.24) is 5.32 Å². The van der Waals surface area contributed by atoms with Crippen molar-refractivity contribution in [2.24, 2.45) is 0 Å². The van der Waals surface area contributed by atoms with Crippen molar-refractivity contribution < 1.29 is 20.1 Å². The lowest BCUT2D eigenvalue weighted by atomic mass is 10.0. The van der Waals surface area contributed by atoms with Gasteiger partial charge in [0.2, 0.25) is 5.91 Å². The van der Waals surface area contributed by atoms with Crippen LogP contribution in [0.3, 0.4) is 0 Å². The standard InChI is InChI=1S/C54H105NO4/c1-3-5-7-9-11-13-15-17-19-21-23-25-26-27-29-31-33-35-37-39-41-43-45-47-49-53(58)55-51(50-56)54(59)52(57)48-46-44-42-40-38-36-34-32-30-28-24-22-20-18-16-14-12-10-8-6-4-2/h32,34,40,42,51-52,54,56-57,59H,3-31,33,35-39,41,43-50H2,1-2H3,(H,55,58)/b34-32+,42-40+. The smallest absolute Gasteiger partial charge is 0.220 e. The van der Waals surface area contributed by atoms with Gasteiger partial charge in [0.1, 0.15) is 6.10 Å². The third-order valence-electron chi connectivity index (χ3n) is 12.5. The summed E-state index contributed by atoms with van der Waals surface area (Å²) in [5.74, 6) is -0.153. The largest absolute Gasteiger partial charge is 0.394 e. The maximum absolute atomic E-state index is 12.5. The van der Waals surface area contributed by atoms with Crippen molar-refractivity contribution in [2.45, 2.75) is 308 Å². The Morgan fingerprint density at radius 2 is 0.695 bits per heavy atom. The van der Waals surface area contributed by atoms with Gasteiger partial charge in [-0.3, -0.25) is 4.79 Å². The summed E-state index contributed by atoms with van der Waals surface area (Å²) in [6, 6.07) is -0.830. The Hall–Kier alpha value is -1.17. The number of amides is 1. The lowest BCUT2D eigenvalue weighted by Gasteiger charge is -2.26. The van der Waals surface area contributed by atoms with E-state index >= 15 is 0 Å². The van der Waals surface area contributed by atoms with Crippen LogP contribution in [-0.2, 0) is 4.79 Å². The number of hydrogen-bond acceptors (Lipinski definition) is 4. The quantitative estimate of drug-likeness (QED) is 0.0363. The van der Waals surface area contributed by atoms with Gasteiger partial charge in [-0.1, -0.05) is 256 Å². The molecule has 0 bridgehead atoms. The van der Waals surface area contributed by atoms with Crippen molar-refractivity contribution in [2.75, 3.05) is 6.61 Å². The first-order chi connectivity index (χ1) is 29.1. The molecule has 0 aromatic heterocycles. The molecular formula is C54H105NO4. The Bertz CT molecular complexity index is 874. The average Bonchev–Trinajstić information content (AvgIpc) is 3.24. The van der Waals surface area contributed by atoms with E-state index in [2.05, 4.69) is 43.5 Å². The van der Waals surface area contributed by atoms with Crippen molar-refractivity contribution in [3.05, 3.63) is 24.3 Å². The van der Waals surface area contributed by atoms with Gasteiger partial charge in [-0.05, 0) is 51.4 Å². The summed E-state index contributed by atoms with van der Waals surface area (Å²) in [5.41, 5.74) is 0. The van der Waals surface area contributed by atoms with Crippen LogP contribution in [-0.4, -0.2) is 46.1 Å². The molecule has 5 heteroatoms. The number of carbonyl (C=O) groups is 1. The van der Waals surface area contributed by atoms with E-state index in [1.54, 1.807) is 0 Å². The highest BCUT2D eigenvalue weighted by Gasteiger charge is 2.26. The van der Waals surface area contributed by atoms with Gasteiger partial charge in [-0.25, -0.2) is 0 Å². The second-order valence-corrected chi connectivity index (χ2v) is 18.4. The minimum absolute atomic E-state index is 0.153. The van der Waals surface area contributed by atoms with E-state index in [1.807, 2.05) is 0 Å². The van der Waals surface area contributed by atoms with Crippen LogP contribution in [0.4, 0.5) is 0 Å². The van der Waals surface area contributed by atoms with Crippen LogP contribution in [0.25, 0.3) is 0 Å². The van der Waals surface area contributed by atoms with Gasteiger partial charge in [-0.15, -0.1) is 0 Å². The van der Waals surface area contributed by atoms with E-state index in [0.29, 0.717) is 12.8 Å². The third kappa shape index (κ3) is 44.7. The van der Waals surface area contributed by atoms with Gasteiger partial charge in [0.25, 0.3) is 0 Å². The van der Waals surface area contributed by atoms with Gasteiger partial charge >= 0.3 is 0 Å². The summed E-state index contributed by atoms with van der Waals surface area (Å²) in [7, 11) is 0. The van der Waals surface area contributed by atoms with Crippen LogP contribution >= 0.6 is 0 Å². The molecule has 0 saturated carbocycles. The van der Waals surface area contributed by atoms with Gasteiger partial charge in [0.15, 0.2) is 0 Å². The number of aliphatic hydroxyl groups is 3. The lowest BCUT2D eigenvalue weighted by Crippen LogP contribution is -2.50. The van der Waals surface area contributed by atoms with Crippen molar-refractivity contribution in [3.8, 4) is 0 Å². The molecule has 59 heavy (non-hydrogen) atoms. The minimum Gasteiger partial charge on any atom is -0.394 e. The Kier molecular flexibility index (Phi) is 48.5. The summed E-state index contributed by atoms with van der Waals surface area (Å²) in [6.07, 6.45) is 61.8. The Morgan fingerprint density at radius 1 is 0.407 bits per heavy atom. The molecule has 0 spiro atoms. The molecule has 0 aromatic carbocycles. The molecule has 3 atom stereocenters. The molecule has 0 aliphatic carbocycles. The summed E-state index contributed by atoms with van der Waals surface area (Å²) < 4.78 is 0. The molecule has 0 saturated heterocycles. The summed E-state index contributed by atoms with van der Waals surface area (Å²) in [4.78, 5) is 12.5. The van der Waals surface area contributed by atoms with Crippen molar-refractivity contribution >= 4 is 5.91 Å². The molecule has 350 valence electrons. The fourth-order valence-corrected chi connectivity index (χ4v) is 8.42. The first-order valence-electron chi connectivity index (χ1n) is 26.6. The number of aliphatic hydroxyl groups excluding tert-OH is 3. The zero-order chi connectivity index (χ0) is 43.0. The zero-order valence-electron chi connectivity index (χ0n) is 39.9. The number of carbonyl (C=O) groups excluding carboxylic acids is 1. The maximum atomic E-state index is 12.5. The molecular weight excluding hydrogens is 727 g/mol. The fraction of sp³-hybridized carbons (Fsp3) is 0.907. The molecule has 0 aromatic rings. The highest BCUT2D eigenvalue weighted by molar-refractivity contribution is 5.76. The van der Waals surface area contributed by atoms with E-state index in [9.17, 15) is 20.1 Å². The maximum Gasteiger partial charge on any atom is 0.220 e. The molecule has 1 amide bonds. The van der Waals surface area contributed by atoms with E-state index in [1.165, 1.54) is 218 Å². The number of rotatable bonds is 49. The normalized spacial score (nSPS) is 13.5. The van der Waals surface area contributed by atoms with Gasteiger partial charge in [-0.2, -0.15) is 0 Å². The number of allylic oxidation sites excluding steroid dienone is 4. The third-order valence-corrected chi connectivity index (χ3v) is 12.5. The molecule has 0 aliphatic heterocycles. The summed E-state index contributed by atoms with van der Waals surface area (Å²) >= 11 is 0. The Morgan fingerprint density at radius 3 is 1.03 bits per heavy atom. The molecule has 4 N–H and O–H groups in total. The van der Waals surface area contributed by atoms with Crippen molar-refractivity contribution in [1.29, 1.82) is 0 Å². The summed E-state index contributed by atoms with van der Waals surface area (Å²) in [5, 5.41) is 33.7. The second kappa shape index (κ2) is 49.5. The highest BCUT2D eigenvalue weighted by Crippen LogP contribution is 2.17. The van der Waals surface area contributed by atoms with Gasteiger partial charge in [0.05, 0.1) is 18.8 Å². The number of nitrogens with one attached hydrogen (secondary N) is 1. The van der Waals surface area contributed by atoms with Crippen LogP contribution in [0.5, 0.6) is 0 Å². The first kappa shape index (κ1) is 57.8. The van der Waals surface area contributed by atoms with Gasteiger partial charge in [0, 0.05) is 6.42 Å². The number of hydrogen-bond donors (Lipinski definition) is 4. The molecule has 0 fully saturated rings. The SMILES string of the molecule is CCCCCCCCCCCCCC/C=C/CC/C=C/CCCC(O)C(O)C(CO)NC(=O)CCCCCCCCCCCCCCCCCCCCCCCCCC. The van der Waals surface area contributed by atoms with Crippen LogP contribution in [0.1, 0.15) is 290 Å². The zero-order valence-corrected chi connectivity index (χ0v) is 39.9. The predicted molar refractivity (Wildman–Crippen MR) is 259 cm³/mol. The number of unbranched alkanes of at least 4 members (excludes halogenated alkanes) is 37. The van der Waals surface area contributed by atoms with E-state index in [0.717, 1.165) is 44.9 Å². The molecule has 3 unspecified atom stereocenters. The molecule has 0 aliphatic rings. The molecule has 0 rings (SSSR count). The van der Waals surface area contributed by atoms with Crippen molar-refractivity contribution in [3.63, 3.8) is 0 Å². The van der Waals surface area contributed by atoms with E-state index in [-0.39, 0.29) is 12.5 Å². The lowest BCUT2D eigenvalue weighted by molar-refractivity contribution is -0.124. The second-order valence-electron chi connectivity index (χ2n) is 18.4. The molecule has 5 nitrogen and oxygen atoms in total. The van der Waals surface area contributed by atoms with Crippen LogP contribution in [0, 0.1) is 0 Å². The average molecular weight is 832 g/mol. The van der Waals surface area contributed by atoms with Crippen LogP contribution < -0.4 is 5.32 Å². The fourth-order valence-electron chi connectivity index (χ4n) is 8.42. The summed E-state index contributed by atoms with van der Waals surface area (Å²) in [6.45, 7) is 4.20. The van der Waals surface area contributed by atoms with Crippen LogP contribution in [0.15, 0.2) is 24.3 Å². The van der Waals surface area contributed by atoms with Gasteiger partial charge < -0.3 is 20.6 Å². The van der Waals surface area contributed by atoms with Crippen LogP contribution in [0.2, 0.25) is 0 Å². The topological polar surface area (TPSA) is 89.8 Å².